The van der Waals surface area contributed by atoms with Crippen LogP contribution in [-0.2, 0) is 0 Å². The highest BCUT2D eigenvalue weighted by molar-refractivity contribution is 5.58. The molecule has 2 rings (SSSR count). The van der Waals surface area contributed by atoms with Gasteiger partial charge in [-0.05, 0) is 13.8 Å². The zero-order chi connectivity index (χ0) is 12.6. The Morgan fingerprint density at radius 1 is 1.41 bits per heavy atom. The van der Waals surface area contributed by atoms with E-state index >= 15 is 0 Å². The fourth-order valence-electron chi connectivity index (χ4n) is 1.49. The van der Waals surface area contributed by atoms with Gasteiger partial charge in [-0.1, -0.05) is 0 Å². The van der Waals surface area contributed by atoms with Gasteiger partial charge >= 0.3 is 5.69 Å². The minimum atomic E-state index is -0.553. The van der Waals surface area contributed by atoms with E-state index in [1.165, 1.54) is 17.9 Å². The Bertz CT molecular complexity index is 591. The molecule has 0 fully saturated rings. The Kier molecular flexibility index (Phi) is 2.47. The largest absolute Gasteiger partial charge is 0.378 e. The molecule has 8 heteroatoms. The van der Waals surface area contributed by atoms with Gasteiger partial charge in [-0.15, -0.1) is 0 Å². The zero-order valence-corrected chi connectivity index (χ0v) is 9.28. The molecule has 2 N–H and O–H groups in total. The third kappa shape index (κ3) is 1.80. The predicted molar refractivity (Wildman–Crippen MR) is 59.7 cm³/mol. The molecule has 17 heavy (non-hydrogen) atoms. The van der Waals surface area contributed by atoms with Crippen molar-refractivity contribution in [2.24, 2.45) is 0 Å². The quantitative estimate of drug-likeness (QED) is 0.606. The van der Waals surface area contributed by atoms with Crippen molar-refractivity contribution < 1.29 is 4.92 Å². The van der Waals surface area contributed by atoms with Crippen LogP contribution in [0.3, 0.4) is 0 Å². The predicted octanol–water partition coefficient (Wildman–Crippen LogP) is 0.770. The molecular weight excluding hydrogens is 224 g/mol. The molecule has 2 aromatic heterocycles. The molecule has 88 valence electrons. The van der Waals surface area contributed by atoms with Gasteiger partial charge < -0.3 is 5.73 Å². The first kappa shape index (κ1) is 11.0. The number of rotatable bonds is 2. The lowest BCUT2D eigenvalue weighted by Gasteiger charge is -2.01. The van der Waals surface area contributed by atoms with Crippen molar-refractivity contribution in [1.82, 2.24) is 19.7 Å². The second-order valence-corrected chi connectivity index (χ2v) is 3.51. The maximum Gasteiger partial charge on any atom is 0.333 e. The highest BCUT2D eigenvalue weighted by Crippen LogP contribution is 2.26. The molecule has 0 saturated heterocycles. The van der Waals surface area contributed by atoms with Crippen molar-refractivity contribution in [3.05, 3.63) is 33.9 Å². The van der Waals surface area contributed by atoms with Gasteiger partial charge in [-0.2, -0.15) is 9.78 Å². The van der Waals surface area contributed by atoms with Crippen LogP contribution >= 0.6 is 0 Å². The Morgan fingerprint density at radius 2 is 2.12 bits per heavy atom. The van der Waals surface area contributed by atoms with E-state index < -0.39 is 4.92 Å². The molecule has 0 radical (unpaired) electrons. The number of hydrogen-bond donors (Lipinski definition) is 1. The number of anilines is 1. The normalized spacial score (nSPS) is 10.5. The van der Waals surface area contributed by atoms with Crippen molar-refractivity contribution in [2.75, 3.05) is 5.73 Å². The van der Waals surface area contributed by atoms with Crippen LogP contribution in [0.15, 0.2) is 12.4 Å². The van der Waals surface area contributed by atoms with Gasteiger partial charge in [0.05, 0.1) is 4.92 Å². The summed E-state index contributed by atoms with van der Waals surface area (Å²) in [6, 6.07) is 1.65. The Labute approximate surface area is 96.3 Å². The first-order valence-electron chi connectivity index (χ1n) is 4.79. The van der Waals surface area contributed by atoms with Gasteiger partial charge in [0.2, 0.25) is 5.82 Å². The Hall–Kier alpha value is -2.51. The van der Waals surface area contributed by atoms with E-state index in [1.807, 2.05) is 0 Å². The molecule has 0 aromatic carbocycles. The van der Waals surface area contributed by atoms with Crippen molar-refractivity contribution in [3.63, 3.8) is 0 Å². The van der Waals surface area contributed by atoms with Crippen LogP contribution in [0.2, 0.25) is 0 Å². The SMILES string of the molecule is Cc1cc(-n2nc(C)c([N+](=O)[O-])c2N)ncn1. The van der Waals surface area contributed by atoms with Gasteiger partial charge in [0.1, 0.15) is 12.0 Å². The van der Waals surface area contributed by atoms with Crippen LogP contribution in [0.25, 0.3) is 5.82 Å². The van der Waals surface area contributed by atoms with E-state index in [0.29, 0.717) is 5.82 Å². The lowest BCUT2D eigenvalue weighted by molar-refractivity contribution is -0.384. The molecule has 0 unspecified atom stereocenters. The number of nitrogens with two attached hydrogens (primary N) is 1. The lowest BCUT2D eigenvalue weighted by Crippen LogP contribution is -2.05. The molecule has 0 amide bonds. The van der Waals surface area contributed by atoms with Crippen LogP contribution in [0.1, 0.15) is 11.4 Å². The van der Waals surface area contributed by atoms with E-state index in [1.54, 1.807) is 13.0 Å². The first-order valence-corrected chi connectivity index (χ1v) is 4.79. The molecule has 0 aliphatic heterocycles. The number of nitrogen functional groups attached to an aromatic ring is 1. The molecule has 0 bridgehead atoms. The Balaban J connectivity index is 2.62. The van der Waals surface area contributed by atoms with E-state index in [2.05, 4.69) is 15.1 Å². The highest BCUT2D eigenvalue weighted by Gasteiger charge is 2.24. The number of hydrogen-bond acceptors (Lipinski definition) is 6. The summed E-state index contributed by atoms with van der Waals surface area (Å²) < 4.78 is 1.24. The van der Waals surface area contributed by atoms with E-state index in [9.17, 15) is 10.1 Å². The number of nitrogens with zero attached hydrogens (tertiary/aromatic N) is 5. The fraction of sp³-hybridized carbons (Fsp3) is 0.222. The third-order valence-corrected chi connectivity index (χ3v) is 2.25. The first-order chi connectivity index (χ1) is 8.00. The molecule has 0 saturated carbocycles. The number of aromatic nitrogens is 4. The van der Waals surface area contributed by atoms with Crippen molar-refractivity contribution in [3.8, 4) is 5.82 Å². The number of aryl methyl sites for hydroxylation is 2. The second kappa shape index (κ2) is 3.81. The highest BCUT2D eigenvalue weighted by atomic mass is 16.6. The van der Waals surface area contributed by atoms with Crippen LogP contribution in [0.5, 0.6) is 0 Å². The van der Waals surface area contributed by atoms with Crippen LogP contribution in [0, 0.1) is 24.0 Å². The maximum atomic E-state index is 10.8. The summed E-state index contributed by atoms with van der Waals surface area (Å²) in [6.07, 6.45) is 1.35. The van der Waals surface area contributed by atoms with Crippen LogP contribution in [-0.4, -0.2) is 24.7 Å². The minimum absolute atomic E-state index is 0.0365. The topological polar surface area (TPSA) is 113 Å². The summed E-state index contributed by atoms with van der Waals surface area (Å²) >= 11 is 0. The summed E-state index contributed by atoms with van der Waals surface area (Å²) in [4.78, 5) is 18.1. The smallest absolute Gasteiger partial charge is 0.333 e. The van der Waals surface area contributed by atoms with E-state index in [4.69, 9.17) is 5.73 Å². The molecule has 0 atom stereocenters. The second-order valence-electron chi connectivity index (χ2n) is 3.51. The van der Waals surface area contributed by atoms with Crippen molar-refractivity contribution in [2.45, 2.75) is 13.8 Å². The van der Waals surface area contributed by atoms with Crippen LogP contribution in [0.4, 0.5) is 11.5 Å². The molecule has 0 spiro atoms. The number of nitro groups is 1. The van der Waals surface area contributed by atoms with Gasteiger partial charge in [0, 0.05) is 11.8 Å². The van der Waals surface area contributed by atoms with Gasteiger partial charge in [-0.3, -0.25) is 10.1 Å². The molecular formula is C9H10N6O2. The van der Waals surface area contributed by atoms with E-state index in [-0.39, 0.29) is 17.2 Å². The molecule has 2 aromatic rings. The van der Waals surface area contributed by atoms with E-state index in [0.717, 1.165) is 5.69 Å². The summed E-state index contributed by atoms with van der Waals surface area (Å²) in [6.45, 7) is 3.31. The standard InChI is InChI=1S/C9H10N6O2/c1-5-3-7(12-4-11-5)14-9(10)8(15(16)17)6(2)13-14/h3-4H,10H2,1-2H3. The summed E-state index contributed by atoms with van der Waals surface area (Å²) in [5.41, 5.74) is 6.47. The minimum Gasteiger partial charge on any atom is -0.378 e. The molecule has 8 nitrogen and oxygen atoms in total. The fourth-order valence-corrected chi connectivity index (χ4v) is 1.49. The zero-order valence-electron chi connectivity index (χ0n) is 9.28. The Morgan fingerprint density at radius 3 is 2.65 bits per heavy atom. The lowest BCUT2D eigenvalue weighted by atomic mass is 10.4. The van der Waals surface area contributed by atoms with Crippen molar-refractivity contribution >= 4 is 11.5 Å². The monoisotopic (exact) mass is 234 g/mol. The average molecular weight is 234 g/mol. The molecule has 0 aliphatic carbocycles. The van der Waals surface area contributed by atoms with Gasteiger partial charge in [-0.25, -0.2) is 9.97 Å². The third-order valence-electron chi connectivity index (χ3n) is 2.25. The van der Waals surface area contributed by atoms with Gasteiger partial charge in [0.25, 0.3) is 0 Å². The average Bonchev–Trinajstić information content (AvgIpc) is 2.54. The molecule has 0 aliphatic rings. The summed E-state index contributed by atoms with van der Waals surface area (Å²) in [7, 11) is 0. The summed E-state index contributed by atoms with van der Waals surface area (Å²) in [5.74, 6) is 0.372. The van der Waals surface area contributed by atoms with Crippen LogP contribution < -0.4 is 5.73 Å². The van der Waals surface area contributed by atoms with Gasteiger partial charge in [0.15, 0.2) is 5.82 Å². The maximum absolute atomic E-state index is 10.8. The van der Waals surface area contributed by atoms with Crippen molar-refractivity contribution in [1.29, 1.82) is 0 Å². The molecule has 2 heterocycles. The summed E-state index contributed by atoms with van der Waals surface area (Å²) in [5, 5.41) is 14.8.